The second-order valence-electron chi connectivity index (χ2n) is 5.78. The van der Waals surface area contributed by atoms with Crippen molar-refractivity contribution in [2.24, 2.45) is 0 Å². The number of rotatable bonds is 4. The van der Waals surface area contributed by atoms with E-state index in [-0.39, 0.29) is 18.1 Å². The molecule has 0 aliphatic carbocycles. The Morgan fingerprint density at radius 2 is 1.74 bits per heavy atom. The molecule has 0 radical (unpaired) electrons. The second kappa shape index (κ2) is 7.33. The van der Waals surface area contributed by atoms with E-state index in [1.165, 1.54) is 11.6 Å². The van der Waals surface area contributed by atoms with Crippen LogP contribution in [0, 0.1) is 5.82 Å². The van der Waals surface area contributed by atoms with Crippen LogP contribution in [0.3, 0.4) is 0 Å². The SMILES string of the molecule is O=C(Cc1ccccc1F)N1CCN(Cc2ccncc2)CC1. The molecule has 0 spiro atoms. The highest BCUT2D eigenvalue weighted by molar-refractivity contribution is 5.79. The predicted octanol–water partition coefficient (Wildman–Crippen LogP) is 2.11. The maximum absolute atomic E-state index is 13.6. The monoisotopic (exact) mass is 313 g/mol. The third-order valence-corrected chi connectivity index (χ3v) is 4.18. The molecule has 0 N–H and O–H groups in total. The first kappa shape index (κ1) is 15.6. The van der Waals surface area contributed by atoms with Gasteiger partial charge in [0.2, 0.25) is 5.91 Å². The van der Waals surface area contributed by atoms with E-state index in [2.05, 4.69) is 9.88 Å². The number of aromatic nitrogens is 1. The van der Waals surface area contributed by atoms with Crippen molar-refractivity contribution in [2.45, 2.75) is 13.0 Å². The van der Waals surface area contributed by atoms with Gasteiger partial charge in [-0.2, -0.15) is 0 Å². The quantitative estimate of drug-likeness (QED) is 0.867. The van der Waals surface area contributed by atoms with Crippen LogP contribution in [0.15, 0.2) is 48.8 Å². The topological polar surface area (TPSA) is 36.4 Å². The number of carbonyl (C=O) groups is 1. The highest BCUT2D eigenvalue weighted by atomic mass is 19.1. The number of nitrogens with zero attached hydrogens (tertiary/aromatic N) is 3. The molecule has 23 heavy (non-hydrogen) atoms. The molecule has 0 saturated carbocycles. The first-order chi connectivity index (χ1) is 11.2. The van der Waals surface area contributed by atoms with Crippen LogP contribution < -0.4 is 0 Å². The van der Waals surface area contributed by atoms with E-state index in [4.69, 9.17) is 0 Å². The Bertz CT molecular complexity index is 654. The number of carbonyl (C=O) groups excluding carboxylic acids is 1. The zero-order valence-electron chi connectivity index (χ0n) is 13.0. The maximum Gasteiger partial charge on any atom is 0.227 e. The molecule has 0 unspecified atom stereocenters. The molecule has 1 aliphatic rings. The zero-order valence-corrected chi connectivity index (χ0v) is 13.0. The van der Waals surface area contributed by atoms with E-state index >= 15 is 0 Å². The average molecular weight is 313 g/mol. The van der Waals surface area contributed by atoms with E-state index in [0.717, 1.165) is 19.6 Å². The molecule has 2 heterocycles. The van der Waals surface area contributed by atoms with Crippen LogP contribution in [0.25, 0.3) is 0 Å². The van der Waals surface area contributed by atoms with E-state index in [0.29, 0.717) is 18.7 Å². The number of piperazine rings is 1. The third kappa shape index (κ3) is 4.13. The van der Waals surface area contributed by atoms with Crippen LogP contribution in [0.4, 0.5) is 4.39 Å². The Labute approximate surface area is 135 Å². The molecule has 2 aromatic rings. The van der Waals surface area contributed by atoms with Crippen LogP contribution >= 0.6 is 0 Å². The van der Waals surface area contributed by atoms with Crippen LogP contribution in [0.1, 0.15) is 11.1 Å². The molecule has 1 saturated heterocycles. The number of hydrogen-bond acceptors (Lipinski definition) is 3. The summed E-state index contributed by atoms with van der Waals surface area (Å²) in [7, 11) is 0. The lowest BCUT2D eigenvalue weighted by Crippen LogP contribution is -2.48. The van der Waals surface area contributed by atoms with E-state index in [9.17, 15) is 9.18 Å². The summed E-state index contributed by atoms with van der Waals surface area (Å²) in [6.45, 7) is 3.94. The molecule has 5 heteroatoms. The Hall–Kier alpha value is -2.27. The van der Waals surface area contributed by atoms with Crippen molar-refractivity contribution in [2.75, 3.05) is 26.2 Å². The van der Waals surface area contributed by atoms with Gasteiger partial charge in [0.05, 0.1) is 6.42 Å². The number of amides is 1. The molecule has 0 atom stereocenters. The molecule has 120 valence electrons. The Balaban J connectivity index is 1.50. The van der Waals surface area contributed by atoms with Gasteiger partial charge in [-0.25, -0.2) is 4.39 Å². The van der Waals surface area contributed by atoms with Gasteiger partial charge in [-0.15, -0.1) is 0 Å². The van der Waals surface area contributed by atoms with Crippen LogP contribution in [0.5, 0.6) is 0 Å². The van der Waals surface area contributed by atoms with Gasteiger partial charge in [0.15, 0.2) is 0 Å². The lowest BCUT2D eigenvalue weighted by Gasteiger charge is -2.34. The van der Waals surface area contributed by atoms with Crippen molar-refractivity contribution in [1.82, 2.24) is 14.8 Å². The first-order valence-corrected chi connectivity index (χ1v) is 7.85. The molecule has 3 rings (SSSR count). The average Bonchev–Trinajstić information content (AvgIpc) is 2.58. The van der Waals surface area contributed by atoms with Crippen LogP contribution in [-0.4, -0.2) is 46.9 Å². The van der Waals surface area contributed by atoms with Gasteiger partial charge in [-0.3, -0.25) is 14.7 Å². The first-order valence-electron chi connectivity index (χ1n) is 7.85. The van der Waals surface area contributed by atoms with Crippen LogP contribution in [0.2, 0.25) is 0 Å². The summed E-state index contributed by atoms with van der Waals surface area (Å²) in [6, 6.07) is 10.5. The molecule has 1 aromatic heterocycles. The van der Waals surface area contributed by atoms with Crippen molar-refractivity contribution < 1.29 is 9.18 Å². The molecule has 1 aromatic carbocycles. The van der Waals surface area contributed by atoms with Crippen molar-refractivity contribution in [1.29, 1.82) is 0 Å². The van der Waals surface area contributed by atoms with Crippen molar-refractivity contribution in [3.05, 3.63) is 65.7 Å². The number of halogens is 1. The molecule has 4 nitrogen and oxygen atoms in total. The third-order valence-electron chi connectivity index (χ3n) is 4.18. The lowest BCUT2D eigenvalue weighted by atomic mass is 10.1. The summed E-state index contributed by atoms with van der Waals surface area (Å²) < 4.78 is 13.6. The molecule has 1 amide bonds. The van der Waals surface area contributed by atoms with Gasteiger partial charge in [0.1, 0.15) is 5.82 Å². The minimum Gasteiger partial charge on any atom is -0.340 e. The summed E-state index contributed by atoms with van der Waals surface area (Å²) in [4.78, 5) is 20.5. The standard InChI is InChI=1S/C18H20FN3O/c19-17-4-2-1-3-16(17)13-18(23)22-11-9-21(10-12-22)14-15-5-7-20-8-6-15/h1-8H,9-14H2. The molecular weight excluding hydrogens is 293 g/mol. The van der Waals surface area contributed by atoms with Gasteiger partial charge in [0.25, 0.3) is 0 Å². The Morgan fingerprint density at radius 1 is 1.04 bits per heavy atom. The lowest BCUT2D eigenvalue weighted by molar-refractivity contribution is -0.132. The van der Waals surface area contributed by atoms with Gasteiger partial charge in [-0.05, 0) is 29.3 Å². The largest absolute Gasteiger partial charge is 0.340 e. The number of benzene rings is 1. The fourth-order valence-electron chi connectivity index (χ4n) is 2.82. The molecule has 1 aliphatic heterocycles. The Morgan fingerprint density at radius 3 is 2.43 bits per heavy atom. The number of pyridine rings is 1. The van der Waals surface area contributed by atoms with Gasteiger partial charge < -0.3 is 4.90 Å². The predicted molar refractivity (Wildman–Crippen MR) is 86.2 cm³/mol. The summed E-state index contributed by atoms with van der Waals surface area (Å²) in [5.41, 5.74) is 1.70. The molecule has 0 bridgehead atoms. The Kier molecular flexibility index (Phi) is 4.98. The fraction of sp³-hybridized carbons (Fsp3) is 0.333. The van der Waals surface area contributed by atoms with Crippen LogP contribution in [-0.2, 0) is 17.8 Å². The second-order valence-corrected chi connectivity index (χ2v) is 5.78. The highest BCUT2D eigenvalue weighted by Gasteiger charge is 2.21. The van der Waals surface area contributed by atoms with Gasteiger partial charge in [-0.1, -0.05) is 18.2 Å². The summed E-state index contributed by atoms with van der Waals surface area (Å²) in [5.74, 6) is -0.309. The maximum atomic E-state index is 13.6. The van der Waals surface area contributed by atoms with E-state index in [1.807, 2.05) is 17.0 Å². The zero-order chi connectivity index (χ0) is 16.1. The minimum absolute atomic E-state index is 0.00124. The van der Waals surface area contributed by atoms with Crippen molar-refractivity contribution in [3.8, 4) is 0 Å². The smallest absolute Gasteiger partial charge is 0.227 e. The normalized spacial score (nSPS) is 15.6. The van der Waals surface area contributed by atoms with Crippen molar-refractivity contribution in [3.63, 3.8) is 0 Å². The highest BCUT2D eigenvalue weighted by Crippen LogP contribution is 2.12. The minimum atomic E-state index is -0.308. The molecule has 1 fully saturated rings. The summed E-state index contributed by atoms with van der Waals surface area (Å²) in [6.07, 6.45) is 3.73. The van der Waals surface area contributed by atoms with Gasteiger partial charge in [0, 0.05) is 45.1 Å². The van der Waals surface area contributed by atoms with Gasteiger partial charge >= 0.3 is 0 Å². The number of hydrogen-bond donors (Lipinski definition) is 0. The van der Waals surface area contributed by atoms with E-state index < -0.39 is 0 Å². The molecular formula is C18H20FN3O. The summed E-state index contributed by atoms with van der Waals surface area (Å²) in [5, 5.41) is 0. The fourth-order valence-corrected chi connectivity index (χ4v) is 2.82. The summed E-state index contributed by atoms with van der Waals surface area (Å²) >= 11 is 0. The van der Waals surface area contributed by atoms with E-state index in [1.54, 1.807) is 30.6 Å². The van der Waals surface area contributed by atoms with Crippen molar-refractivity contribution >= 4 is 5.91 Å².